The summed E-state index contributed by atoms with van der Waals surface area (Å²) in [5, 5.41) is 19.2. The van der Waals surface area contributed by atoms with Gasteiger partial charge in [-0.3, -0.25) is 4.90 Å². The molecular weight excluding hydrogens is 481 g/mol. The number of nitrogens with zero attached hydrogens (tertiary/aromatic N) is 5. The lowest BCUT2D eigenvalue weighted by atomic mass is 9.93. The van der Waals surface area contributed by atoms with E-state index in [1.807, 2.05) is 19.1 Å². The normalized spacial score (nSPS) is 18.2. The van der Waals surface area contributed by atoms with E-state index in [4.69, 9.17) is 5.41 Å². The molecule has 2 aromatic carbocycles. The summed E-state index contributed by atoms with van der Waals surface area (Å²) in [7, 11) is -2.20. The van der Waals surface area contributed by atoms with Crippen molar-refractivity contribution in [3.8, 4) is 0 Å². The van der Waals surface area contributed by atoms with Crippen LogP contribution in [0.3, 0.4) is 0 Å². The van der Waals surface area contributed by atoms with E-state index in [-0.39, 0.29) is 29.5 Å². The second kappa shape index (κ2) is 10.5. The molecule has 0 amide bonds. The molecule has 1 aromatic heterocycles. The number of aryl methyl sites for hydroxylation is 2. The Morgan fingerprint density at radius 1 is 1.25 bits per heavy atom. The lowest BCUT2D eigenvalue weighted by molar-refractivity contribution is 0.0778. The van der Waals surface area contributed by atoms with Gasteiger partial charge in [0.1, 0.15) is 5.82 Å². The average molecular weight is 514 g/mol. The van der Waals surface area contributed by atoms with Crippen LogP contribution in [0, 0.1) is 18.2 Å². The molecule has 1 aliphatic heterocycles. The molecular formula is C25H32FN7O2S. The fraction of sp³-hybridized carbons (Fsp3) is 0.400. The van der Waals surface area contributed by atoms with Gasteiger partial charge in [-0.25, -0.2) is 12.8 Å². The van der Waals surface area contributed by atoms with Gasteiger partial charge < -0.3 is 10.7 Å². The van der Waals surface area contributed by atoms with Crippen molar-refractivity contribution in [1.29, 1.82) is 5.41 Å². The Morgan fingerprint density at radius 3 is 2.58 bits per heavy atom. The summed E-state index contributed by atoms with van der Waals surface area (Å²) < 4.78 is 41.5. The number of hydrogen-bond acceptors (Lipinski definition) is 7. The van der Waals surface area contributed by atoms with Gasteiger partial charge in [0.25, 0.3) is 10.0 Å². The number of aromatic nitrogens is 3. The van der Waals surface area contributed by atoms with Gasteiger partial charge in [-0.05, 0) is 67.8 Å². The van der Waals surface area contributed by atoms with Crippen LogP contribution in [0.15, 0.2) is 47.6 Å². The molecule has 0 spiro atoms. The zero-order valence-corrected chi connectivity index (χ0v) is 21.8. The van der Waals surface area contributed by atoms with Crippen molar-refractivity contribution in [1.82, 2.24) is 24.2 Å². The molecule has 2 atom stereocenters. The zero-order chi connectivity index (χ0) is 26.0. The number of hydrogen-bond donors (Lipinski definition) is 2. The van der Waals surface area contributed by atoms with Gasteiger partial charge in [-0.2, -0.15) is 14.2 Å². The van der Waals surface area contributed by atoms with Crippen LogP contribution in [0.2, 0.25) is 0 Å². The lowest BCUT2D eigenvalue weighted by Crippen LogP contribution is -2.53. The Kier molecular flexibility index (Phi) is 7.53. The van der Waals surface area contributed by atoms with E-state index in [0.717, 1.165) is 23.2 Å². The van der Waals surface area contributed by atoms with Crippen molar-refractivity contribution in [2.75, 3.05) is 25.0 Å². The summed E-state index contributed by atoms with van der Waals surface area (Å²) in [5.74, 6) is -0.317. The molecule has 3 aromatic rings. The van der Waals surface area contributed by atoms with Crippen LogP contribution in [-0.4, -0.2) is 64.5 Å². The van der Waals surface area contributed by atoms with Gasteiger partial charge >= 0.3 is 0 Å². The van der Waals surface area contributed by atoms with Gasteiger partial charge in [0, 0.05) is 61.9 Å². The number of nitrogens with one attached hydrogen (secondary N) is 2. The topological polar surface area (TPSA) is 107 Å². The van der Waals surface area contributed by atoms with E-state index < -0.39 is 10.0 Å². The molecule has 0 radical (unpaired) electrons. The van der Waals surface area contributed by atoms with Crippen LogP contribution >= 0.6 is 0 Å². The molecule has 0 saturated carbocycles. The van der Waals surface area contributed by atoms with Gasteiger partial charge in [-0.15, -0.1) is 5.10 Å². The molecule has 2 heterocycles. The van der Waals surface area contributed by atoms with Crippen LogP contribution in [0.25, 0.3) is 0 Å². The second-order valence-electron chi connectivity index (χ2n) is 9.12. The second-order valence-corrected chi connectivity index (χ2v) is 11.0. The maximum atomic E-state index is 13.3. The zero-order valence-electron chi connectivity index (χ0n) is 20.9. The molecule has 1 saturated heterocycles. The van der Waals surface area contributed by atoms with Gasteiger partial charge in [0.15, 0.2) is 0 Å². The summed E-state index contributed by atoms with van der Waals surface area (Å²) in [6.07, 6.45) is 3.48. The smallest absolute Gasteiger partial charge is 0.264 e. The number of piperazine rings is 1. The highest BCUT2D eigenvalue weighted by atomic mass is 32.2. The largest absolute Gasteiger partial charge is 0.355 e. The predicted octanol–water partition coefficient (Wildman–Crippen LogP) is 3.85. The minimum atomic E-state index is -3.79. The van der Waals surface area contributed by atoms with Gasteiger partial charge in [-0.1, -0.05) is 6.92 Å². The third-order valence-electron chi connectivity index (χ3n) is 6.80. The van der Waals surface area contributed by atoms with Gasteiger partial charge in [0.2, 0.25) is 5.03 Å². The quantitative estimate of drug-likeness (QED) is 0.443. The van der Waals surface area contributed by atoms with Crippen LogP contribution in [-0.2, 0) is 17.1 Å². The molecule has 36 heavy (non-hydrogen) atoms. The third-order valence-corrected chi connectivity index (χ3v) is 8.53. The maximum absolute atomic E-state index is 13.3. The summed E-state index contributed by atoms with van der Waals surface area (Å²) in [6.45, 7) is 7.47. The van der Waals surface area contributed by atoms with E-state index in [9.17, 15) is 12.8 Å². The highest BCUT2D eigenvalue weighted by Gasteiger charge is 2.38. The molecule has 1 fully saturated rings. The SMILES string of the molecule is CC[C@@H](C)N1CCN(S(=O)(=O)c2cnn(C)n2)C[C@@H]1c1cc(C=N)c(Nc2ccc(F)cc2)cc1C. The van der Waals surface area contributed by atoms with Crippen molar-refractivity contribution < 1.29 is 12.8 Å². The van der Waals surface area contributed by atoms with Crippen molar-refractivity contribution in [3.05, 3.63) is 65.1 Å². The first-order valence-electron chi connectivity index (χ1n) is 11.9. The average Bonchev–Trinajstić information content (AvgIpc) is 3.32. The fourth-order valence-corrected chi connectivity index (χ4v) is 5.95. The first-order chi connectivity index (χ1) is 17.1. The van der Waals surface area contributed by atoms with E-state index >= 15 is 0 Å². The van der Waals surface area contributed by atoms with Crippen molar-refractivity contribution in [2.45, 2.75) is 44.3 Å². The summed E-state index contributed by atoms with van der Waals surface area (Å²) in [4.78, 5) is 3.58. The number of sulfonamides is 1. The Morgan fingerprint density at radius 2 is 1.97 bits per heavy atom. The Bertz CT molecular complexity index is 1340. The summed E-state index contributed by atoms with van der Waals surface area (Å²) in [5.41, 5.74) is 4.05. The molecule has 0 unspecified atom stereocenters. The molecule has 2 N–H and O–H groups in total. The van der Waals surface area contributed by atoms with Crippen LogP contribution in [0.4, 0.5) is 15.8 Å². The van der Waals surface area contributed by atoms with E-state index in [0.29, 0.717) is 24.3 Å². The number of benzene rings is 2. The molecule has 192 valence electrons. The maximum Gasteiger partial charge on any atom is 0.264 e. The third kappa shape index (κ3) is 5.18. The number of halogens is 1. The first-order valence-corrected chi connectivity index (χ1v) is 13.4. The summed E-state index contributed by atoms with van der Waals surface area (Å²) >= 11 is 0. The standard InChI is InChI=1S/C25H32FN7O2S/c1-5-18(3)33-11-10-32(36(34,35)25-15-28-31(4)30-25)16-24(33)22-13-19(14-27)23(12-17(22)2)29-21-8-6-20(26)7-9-21/h6-9,12-15,18,24,27,29H,5,10-11,16H2,1-4H3/t18-,24-/m1/s1. The van der Waals surface area contributed by atoms with E-state index in [1.165, 1.54) is 33.6 Å². The van der Waals surface area contributed by atoms with Crippen molar-refractivity contribution in [2.24, 2.45) is 7.05 Å². The molecule has 11 heteroatoms. The Hall–Kier alpha value is -3.15. The molecule has 9 nitrogen and oxygen atoms in total. The monoisotopic (exact) mass is 513 g/mol. The van der Waals surface area contributed by atoms with E-state index in [2.05, 4.69) is 34.3 Å². The van der Waals surface area contributed by atoms with Crippen molar-refractivity contribution >= 4 is 27.6 Å². The number of anilines is 2. The predicted molar refractivity (Wildman–Crippen MR) is 138 cm³/mol. The molecule has 0 aliphatic carbocycles. The minimum Gasteiger partial charge on any atom is -0.355 e. The molecule has 0 bridgehead atoms. The summed E-state index contributed by atoms with van der Waals surface area (Å²) in [6, 6.07) is 10.0. The van der Waals surface area contributed by atoms with Gasteiger partial charge in [0.05, 0.1) is 6.20 Å². The van der Waals surface area contributed by atoms with Crippen LogP contribution < -0.4 is 5.32 Å². The lowest BCUT2D eigenvalue weighted by Gasteiger charge is -2.44. The van der Waals surface area contributed by atoms with Crippen molar-refractivity contribution in [3.63, 3.8) is 0 Å². The Balaban J connectivity index is 1.70. The van der Waals surface area contributed by atoms with E-state index in [1.54, 1.807) is 19.2 Å². The highest BCUT2D eigenvalue weighted by molar-refractivity contribution is 7.89. The highest BCUT2D eigenvalue weighted by Crippen LogP contribution is 2.35. The van der Waals surface area contributed by atoms with Crippen LogP contribution in [0.1, 0.15) is 43.0 Å². The first kappa shape index (κ1) is 25.9. The fourth-order valence-electron chi connectivity index (χ4n) is 4.62. The number of rotatable bonds is 8. The van der Waals surface area contributed by atoms with Crippen LogP contribution in [0.5, 0.6) is 0 Å². The minimum absolute atomic E-state index is 0.0588. The Labute approximate surface area is 211 Å². The molecule has 1 aliphatic rings. The molecule has 4 rings (SSSR count).